The number of fused-ring (bicyclic) bond motifs is 5. The van der Waals surface area contributed by atoms with Crippen LogP contribution in [0.1, 0.15) is 35.5 Å². The highest BCUT2D eigenvalue weighted by Gasteiger charge is 2.49. The van der Waals surface area contributed by atoms with Gasteiger partial charge in [-0.05, 0) is 30.2 Å². The maximum atomic E-state index is 13.3. The van der Waals surface area contributed by atoms with E-state index in [1.54, 1.807) is 11.5 Å². The molecule has 0 saturated carbocycles. The lowest BCUT2D eigenvalue weighted by molar-refractivity contribution is -0.156. The molecule has 0 spiro atoms. The third kappa shape index (κ3) is 2.11. The van der Waals surface area contributed by atoms with Gasteiger partial charge < -0.3 is 14.4 Å². The Morgan fingerprint density at radius 1 is 1.32 bits per heavy atom. The Labute approximate surface area is 166 Å². The molecule has 0 fully saturated rings. The lowest BCUT2D eigenvalue weighted by Gasteiger charge is -2.37. The van der Waals surface area contributed by atoms with Crippen LogP contribution in [-0.4, -0.2) is 27.2 Å². The molecule has 0 aliphatic carbocycles. The summed E-state index contributed by atoms with van der Waals surface area (Å²) in [6.07, 6.45) is 0.316. The van der Waals surface area contributed by atoms with Gasteiger partial charge in [0.05, 0.1) is 35.6 Å². The summed E-state index contributed by atoms with van der Waals surface area (Å²) in [6, 6.07) is 11.7. The number of benzene rings is 1. The molecular formula is C21H18N2O4S. The van der Waals surface area contributed by atoms with Gasteiger partial charge in [0.2, 0.25) is 0 Å². The smallest absolute Gasteiger partial charge is 0.320 e. The highest BCUT2D eigenvalue weighted by Crippen LogP contribution is 2.43. The van der Waals surface area contributed by atoms with Crippen molar-refractivity contribution in [3.05, 3.63) is 63.4 Å². The van der Waals surface area contributed by atoms with Gasteiger partial charge >= 0.3 is 5.97 Å². The largest absolute Gasteiger partial charge is 0.446 e. The number of thiol groups is 1. The van der Waals surface area contributed by atoms with Crippen molar-refractivity contribution in [3.8, 4) is 11.4 Å². The molecule has 1 aromatic carbocycles. The molecular weight excluding hydrogens is 376 g/mol. The summed E-state index contributed by atoms with van der Waals surface area (Å²) in [6.45, 7) is 1.77. The number of hydrogen-bond acceptors (Lipinski definition) is 6. The Morgan fingerprint density at radius 2 is 2.11 bits per heavy atom. The summed E-state index contributed by atoms with van der Waals surface area (Å²) >= 11 is 4.33. The predicted molar refractivity (Wildman–Crippen MR) is 107 cm³/mol. The summed E-state index contributed by atoms with van der Waals surface area (Å²) in [4.78, 5) is 30.7. The van der Waals surface area contributed by atoms with Crippen molar-refractivity contribution < 1.29 is 14.6 Å². The zero-order valence-corrected chi connectivity index (χ0v) is 16.1. The summed E-state index contributed by atoms with van der Waals surface area (Å²) in [5, 5.41) is 11.1. The number of para-hydroxylation sites is 1. The van der Waals surface area contributed by atoms with E-state index >= 15 is 0 Å². The fourth-order valence-electron chi connectivity index (χ4n) is 4.30. The first-order valence-electron chi connectivity index (χ1n) is 9.17. The van der Waals surface area contributed by atoms with Gasteiger partial charge in [-0.15, -0.1) is 12.6 Å². The Hall–Kier alpha value is -2.64. The number of aliphatic hydroxyl groups excluding tert-OH is 1. The van der Waals surface area contributed by atoms with Crippen molar-refractivity contribution in [2.75, 3.05) is 6.61 Å². The molecule has 6 nitrogen and oxygen atoms in total. The van der Waals surface area contributed by atoms with Crippen LogP contribution in [0.4, 0.5) is 0 Å². The highest BCUT2D eigenvalue weighted by atomic mass is 32.1. The van der Waals surface area contributed by atoms with Crippen LogP contribution in [0.2, 0.25) is 0 Å². The molecule has 3 aromatic rings. The number of aromatic nitrogens is 2. The van der Waals surface area contributed by atoms with E-state index in [4.69, 9.17) is 9.72 Å². The van der Waals surface area contributed by atoms with Gasteiger partial charge in [0, 0.05) is 10.9 Å². The number of aliphatic hydroxyl groups is 1. The fourth-order valence-corrected chi connectivity index (χ4v) is 4.65. The van der Waals surface area contributed by atoms with Gasteiger partial charge in [-0.3, -0.25) is 9.59 Å². The van der Waals surface area contributed by atoms with Crippen molar-refractivity contribution in [1.29, 1.82) is 0 Å². The van der Waals surface area contributed by atoms with Crippen LogP contribution in [-0.2, 0) is 21.5 Å². The number of hydrogen-bond donors (Lipinski definition) is 2. The normalized spacial score (nSPS) is 22.5. The molecule has 142 valence electrons. The molecule has 2 unspecified atom stereocenters. The highest BCUT2D eigenvalue weighted by molar-refractivity contribution is 7.80. The molecule has 1 N–H and O–H groups in total. The molecule has 2 atom stereocenters. The van der Waals surface area contributed by atoms with Gasteiger partial charge in [0.1, 0.15) is 5.41 Å². The fraction of sp³-hybridized carbons (Fsp3) is 0.286. The molecule has 5 rings (SSSR count). The third-order valence-corrected chi connectivity index (χ3v) is 6.32. The van der Waals surface area contributed by atoms with Gasteiger partial charge in [-0.2, -0.15) is 0 Å². The number of nitrogens with zero attached hydrogens (tertiary/aromatic N) is 2. The van der Waals surface area contributed by atoms with Gasteiger partial charge in [-0.1, -0.05) is 25.1 Å². The first-order chi connectivity index (χ1) is 13.5. The number of rotatable bonds is 2. The molecule has 2 aliphatic heterocycles. The van der Waals surface area contributed by atoms with Gasteiger partial charge in [0.25, 0.3) is 5.56 Å². The van der Waals surface area contributed by atoms with Crippen molar-refractivity contribution in [3.63, 3.8) is 0 Å². The number of carbonyl (C=O) groups excluding carboxylic acids is 1. The summed E-state index contributed by atoms with van der Waals surface area (Å²) in [5.41, 5.74) is 1.53. The summed E-state index contributed by atoms with van der Waals surface area (Å²) in [7, 11) is 0. The minimum atomic E-state index is -1.26. The Balaban J connectivity index is 1.83. The van der Waals surface area contributed by atoms with E-state index in [0.29, 0.717) is 29.8 Å². The number of pyridine rings is 2. The van der Waals surface area contributed by atoms with E-state index in [2.05, 4.69) is 12.6 Å². The van der Waals surface area contributed by atoms with E-state index in [1.165, 1.54) is 0 Å². The van der Waals surface area contributed by atoms with Gasteiger partial charge in [-0.25, -0.2) is 4.98 Å². The maximum absolute atomic E-state index is 13.3. The van der Waals surface area contributed by atoms with Crippen molar-refractivity contribution in [2.45, 2.75) is 30.7 Å². The lowest BCUT2D eigenvalue weighted by atomic mass is 9.75. The molecule has 7 heteroatoms. The van der Waals surface area contributed by atoms with Crippen LogP contribution in [0.25, 0.3) is 22.3 Å². The molecule has 0 radical (unpaired) electrons. The average molecular weight is 394 g/mol. The van der Waals surface area contributed by atoms with Crippen LogP contribution in [0.3, 0.4) is 0 Å². The molecule has 28 heavy (non-hydrogen) atoms. The Kier molecular flexibility index (Phi) is 3.70. The summed E-state index contributed by atoms with van der Waals surface area (Å²) in [5.74, 6) is -0.556. The van der Waals surface area contributed by atoms with Crippen molar-refractivity contribution >= 4 is 29.5 Å². The minimum absolute atomic E-state index is 0.256. The monoisotopic (exact) mass is 394 g/mol. The second kappa shape index (κ2) is 5.93. The first-order valence-corrected chi connectivity index (χ1v) is 9.69. The summed E-state index contributed by atoms with van der Waals surface area (Å²) < 4.78 is 6.98. The predicted octanol–water partition coefficient (Wildman–Crippen LogP) is 2.55. The lowest BCUT2D eigenvalue weighted by Crippen LogP contribution is -2.47. The van der Waals surface area contributed by atoms with E-state index in [0.717, 1.165) is 22.2 Å². The van der Waals surface area contributed by atoms with Crippen LogP contribution < -0.4 is 5.56 Å². The second-order valence-electron chi connectivity index (χ2n) is 7.29. The topological polar surface area (TPSA) is 81.4 Å². The average Bonchev–Trinajstić information content (AvgIpc) is 3.05. The van der Waals surface area contributed by atoms with E-state index in [1.807, 2.05) is 36.4 Å². The SMILES string of the molecule is CCC1(CO)C(=O)OC(S)c2c1cc1n(c2=O)Cc2cc3ccccc3nc2-1. The molecule has 0 saturated heterocycles. The number of ether oxygens (including phenoxy) is 1. The van der Waals surface area contributed by atoms with Crippen LogP contribution in [0.15, 0.2) is 41.2 Å². The standard InChI is InChI=1S/C21H18N2O4S/c1-2-21(10-24)13-8-15-17-12(7-11-5-3-4-6-14(11)22-17)9-23(15)18(25)16(13)19(28)27-20(21)26/h3-8,19,24,28H,2,9-10H2,1H3. The molecule has 2 aromatic heterocycles. The van der Waals surface area contributed by atoms with E-state index in [-0.39, 0.29) is 5.56 Å². The molecule has 4 heterocycles. The second-order valence-corrected chi connectivity index (χ2v) is 7.76. The minimum Gasteiger partial charge on any atom is -0.446 e. The Bertz CT molecular complexity index is 1210. The number of esters is 1. The molecule has 0 amide bonds. The third-order valence-electron chi connectivity index (χ3n) is 5.96. The number of cyclic esters (lactones) is 1. The van der Waals surface area contributed by atoms with Crippen molar-refractivity contribution in [1.82, 2.24) is 9.55 Å². The zero-order chi connectivity index (χ0) is 19.6. The van der Waals surface area contributed by atoms with E-state index in [9.17, 15) is 14.7 Å². The van der Waals surface area contributed by atoms with Crippen LogP contribution >= 0.6 is 12.6 Å². The quantitative estimate of drug-likeness (QED) is 0.403. The maximum Gasteiger partial charge on any atom is 0.320 e. The Morgan fingerprint density at radius 3 is 2.86 bits per heavy atom. The van der Waals surface area contributed by atoms with Crippen LogP contribution in [0, 0.1) is 0 Å². The number of carbonyl (C=O) groups is 1. The zero-order valence-electron chi connectivity index (χ0n) is 15.2. The first kappa shape index (κ1) is 17.5. The molecule has 0 bridgehead atoms. The van der Waals surface area contributed by atoms with Gasteiger partial charge in [0.15, 0.2) is 5.44 Å². The molecule has 2 aliphatic rings. The van der Waals surface area contributed by atoms with E-state index < -0.39 is 23.4 Å². The van der Waals surface area contributed by atoms with Crippen LogP contribution in [0.5, 0.6) is 0 Å². The van der Waals surface area contributed by atoms with Crippen molar-refractivity contribution in [2.24, 2.45) is 0 Å².